The van der Waals surface area contributed by atoms with Crippen LogP contribution < -0.4 is 9.47 Å². The Bertz CT molecular complexity index is 623. The van der Waals surface area contributed by atoms with Gasteiger partial charge in [0.1, 0.15) is 17.0 Å². The maximum atomic E-state index is 8.91. The molecule has 0 unspecified atom stereocenters. The van der Waals surface area contributed by atoms with E-state index in [0.29, 0.717) is 28.3 Å². The summed E-state index contributed by atoms with van der Waals surface area (Å²) in [6.45, 7) is 0.309. The molecule has 0 aliphatic carbocycles. The van der Waals surface area contributed by atoms with Gasteiger partial charge < -0.3 is 9.47 Å². The van der Waals surface area contributed by atoms with E-state index >= 15 is 0 Å². The number of rotatable bonds is 4. The molecule has 0 fully saturated rings. The number of hydrogen-bond donors (Lipinski definition) is 0. The van der Waals surface area contributed by atoms with Gasteiger partial charge in [0.2, 0.25) is 0 Å². The smallest absolute Gasteiger partial charge is 0.152 e. The number of ether oxygens (including phenoxy) is 2. The fraction of sp³-hybridized carbons (Fsp3) is 0.143. The lowest BCUT2D eigenvalue weighted by molar-refractivity contribution is 0.293. The number of pyridine rings is 1. The molecule has 1 aromatic heterocycles. The topological polar surface area (TPSA) is 55.1 Å². The minimum absolute atomic E-state index is 0.309. The summed E-state index contributed by atoms with van der Waals surface area (Å²) in [5, 5.41) is 8.91. The van der Waals surface area contributed by atoms with Crippen LogP contribution in [0.3, 0.4) is 0 Å². The van der Waals surface area contributed by atoms with Gasteiger partial charge in [-0.05, 0) is 46.3 Å². The number of methoxy groups -OCH3 is 1. The van der Waals surface area contributed by atoms with Gasteiger partial charge in [0.05, 0.1) is 18.7 Å². The molecule has 0 aliphatic rings. The Hall–Kier alpha value is -2.06. The summed E-state index contributed by atoms with van der Waals surface area (Å²) >= 11 is 3.31. The Morgan fingerprint density at radius 1 is 1.32 bits per heavy atom. The van der Waals surface area contributed by atoms with E-state index in [0.717, 1.165) is 5.56 Å². The Balaban J connectivity index is 2.19. The Morgan fingerprint density at radius 2 is 2.16 bits per heavy atom. The van der Waals surface area contributed by atoms with Gasteiger partial charge in [-0.25, -0.2) is 4.98 Å². The number of halogens is 1. The van der Waals surface area contributed by atoms with Crippen LogP contribution in [0.15, 0.2) is 41.1 Å². The molecule has 0 atom stereocenters. The number of aromatic nitrogens is 1. The molecular weight excluding hydrogens is 308 g/mol. The first kappa shape index (κ1) is 13.4. The molecule has 0 bridgehead atoms. The normalized spacial score (nSPS) is 9.74. The zero-order valence-corrected chi connectivity index (χ0v) is 11.8. The van der Waals surface area contributed by atoms with Crippen molar-refractivity contribution in [2.75, 3.05) is 7.11 Å². The SMILES string of the molecule is COc1ccc(C#N)cc1COc1cccnc1Br. The van der Waals surface area contributed by atoms with Crippen LogP contribution >= 0.6 is 15.9 Å². The van der Waals surface area contributed by atoms with Crippen molar-refractivity contribution >= 4 is 15.9 Å². The molecule has 2 aromatic rings. The first-order valence-electron chi connectivity index (χ1n) is 5.55. The Morgan fingerprint density at radius 3 is 2.84 bits per heavy atom. The molecule has 0 spiro atoms. The average molecular weight is 319 g/mol. The molecule has 1 heterocycles. The molecule has 2 rings (SSSR count). The van der Waals surface area contributed by atoms with Crippen LogP contribution in [0, 0.1) is 11.3 Å². The van der Waals surface area contributed by atoms with Gasteiger partial charge in [0.15, 0.2) is 5.75 Å². The van der Waals surface area contributed by atoms with Gasteiger partial charge in [-0.15, -0.1) is 0 Å². The molecule has 0 saturated carbocycles. The van der Waals surface area contributed by atoms with E-state index in [1.54, 1.807) is 37.6 Å². The quantitative estimate of drug-likeness (QED) is 0.811. The van der Waals surface area contributed by atoms with Gasteiger partial charge in [0.25, 0.3) is 0 Å². The number of nitrogens with zero attached hydrogens (tertiary/aromatic N) is 2. The lowest BCUT2D eigenvalue weighted by atomic mass is 10.1. The summed E-state index contributed by atoms with van der Waals surface area (Å²) in [4.78, 5) is 4.08. The van der Waals surface area contributed by atoms with Crippen LogP contribution in [0.2, 0.25) is 0 Å². The van der Waals surface area contributed by atoms with Crippen molar-refractivity contribution in [3.05, 3.63) is 52.3 Å². The first-order chi connectivity index (χ1) is 9.24. The maximum absolute atomic E-state index is 8.91. The van der Waals surface area contributed by atoms with E-state index in [4.69, 9.17) is 14.7 Å². The lowest BCUT2D eigenvalue weighted by Gasteiger charge is -2.11. The lowest BCUT2D eigenvalue weighted by Crippen LogP contribution is -2.00. The van der Waals surface area contributed by atoms with Gasteiger partial charge in [0, 0.05) is 11.8 Å². The Labute approximate surface area is 119 Å². The molecular formula is C14H11BrN2O2. The highest BCUT2D eigenvalue weighted by Gasteiger charge is 2.07. The van der Waals surface area contributed by atoms with Crippen molar-refractivity contribution < 1.29 is 9.47 Å². The molecule has 4 nitrogen and oxygen atoms in total. The molecule has 0 N–H and O–H groups in total. The summed E-state index contributed by atoms with van der Waals surface area (Å²) in [5.41, 5.74) is 1.39. The van der Waals surface area contributed by atoms with Gasteiger partial charge in [-0.3, -0.25) is 0 Å². The first-order valence-corrected chi connectivity index (χ1v) is 6.34. The van der Waals surface area contributed by atoms with Crippen molar-refractivity contribution in [1.82, 2.24) is 4.98 Å². The van der Waals surface area contributed by atoms with Crippen LogP contribution in [0.1, 0.15) is 11.1 Å². The highest BCUT2D eigenvalue weighted by atomic mass is 79.9. The monoisotopic (exact) mass is 318 g/mol. The van der Waals surface area contributed by atoms with E-state index in [-0.39, 0.29) is 0 Å². The third kappa shape index (κ3) is 3.24. The van der Waals surface area contributed by atoms with E-state index in [1.165, 1.54) is 0 Å². The third-order valence-corrected chi connectivity index (χ3v) is 3.11. The fourth-order valence-corrected chi connectivity index (χ4v) is 1.96. The predicted molar refractivity (Wildman–Crippen MR) is 74.0 cm³/mol. The number of benzene rings is 1. The summed E-state index contributed by atoms with van der Waals surface area (Å²) in [6.07, 6.45) is 1.67. The van der Waals surface area contributed by atoms with Crippen LogP contribution in [-0.4, -0.2) is 12.1 Å². The molecule has 96 valence electrons. The van der Waals surface area contributed by atoms with Crippen molar-refractivity contribution in [2.45, 2.75) is 6.61 Å². The van der Waals surface area contributed by atoms with Crippen molar-refractivity contribution in [3.63, 3.8) is 0 Å². The molecule has 0 saturated heterocycles. The highest BCUT2D eigenvalue weighted by molar-refractivity contribution is 9.10. The summed E-state index contributed by atoms with van der Waals surface area (Å²) in [7, 11) is 1.59. The molecule has 19 heavy (non-hydrogen) atoms. The summed E-state index contributed by atoms with van der Waals surface area (Å²) in [5.74, 6) is 1.34. The summed E-state index contributed by atoms with van der Waals surface area (Å²) < 4.78 is 11.6. The standard InChI is InChI=1S/C14H11BrN2O2/c1-18-12-5-4-10(8-16)7-11(12)9-19-13-3-2-6-17-14(13)15/h2-7H,9H2,1H3. The van der Waals surface area contributed by atoms with Gasteiger partial charge >= 0.3 is 0 Å². The van der Waals surface area contributed by atoms with Crippen molar-refractivity contribution in [3.8, 4) is 17.6 Å². The minimum Gasteiger partial charge on any atom is -0.496 e. The number of hydrogen-bond acceptors (Lipinski definition) is 4. The zero-order valence-electron chi connectivity index (χ0n) is 10.3. The van der Waals surface area contributed by atoms with Gasteiger partial charge in [-0.1, -0.05) is 0 Å². The molecule has 1 aromatic carbocycles. The van der Waals surface area contributed by atoms with E-state index in [9.17, 15) is 0 Å². The molecule has 0 aliphatic heterocycles. The second kappa shape index (κ2) is 6.21. The molecule has 0 amide bonds. The Kier molecular flexibility index (Phi) is 4.37. The van der Waals surface area contributed by atoms with Crippen LogP contribution in [0.25, 0.3) is 0 Å². The molecule has 5 heteroatoms. The van der Waals surface area contributed by atoms with Crippen LogP contribution in [0.5, 0.6) is 11.5 Å². The van der Waals surface area contributed by atoms with Gasteiger partial charge in [-0.2, -0.15) is 5.26 Å². The second-order valence-electron chi connectivity index (χ2n) is 3.72. The van der Waals surface area contributed by atoms with Crippen LogP contribution in [0.4, 0.5) is 0 Å². The van der Waals surface area contributed by atoms with Crippen molar-refractivity contribution in [2.24, 2.45) is 0 Å². The number of nitriles is 1. The fourth-order valence-electron chi connectivity index (χ4n) is 1.60. The largest absolute Gasteiger partial charge is 0.496 e. The highest BCUT2D eigenvalue weighted by Crippen LogP contribution is 2.25. The van der Waals surface area contributed by atoms with E-state index in [1.807, 2.05) is 6.07 Å². The van der Waals surface area contributed by atoms with Crippen LogP contribution in [-0.2, 0) is 6.61 Å². The second-order valence-corrected chi connectivity index (χ2v) is 4.47. The third-order valence-electron chi connectivity index (χ3n) is 2.52. The minimum atomic E-state index is 0.309. The average Bonchev–Trinajstić information content (AvgIpc) is 2.46. The zero-order chi connectivity index (χ0) is 13.7. The predicted octanol–water partition coefficient (Wildman–Crippen LogP) is 3.30. The molecule has 0 radical (unpaired) electrons. The van der Waals surface area contributed by atoms with E-state index in [2.05, 4.69) is 27.0 Å². The maximum Gasteiger partial charge on any atom is 0.152 e. The van der Waals surface area contributed by atoms with E-state index < -0.39 is 0 Å². The van der Waals surface area contributed by atoms with Crippen molar-refractivity contribution in [1.29, 1.82) is 5.26 Å². The summed E-state index contributed by atoms with van der Waals surface area (Å²) in [6, 6.07) is 10.9.